The Morgan fingerprint density at radius 3 is 1.88 bits per heavy atom. The summed E-state index contributed by atoms with van der Waals surface area (Å²) in [5.74, 6) is 0. The molecule has 0 unspecified atom stereocenters. The molecule has 0 bridgehead atoms. The maximum absolute atomic E-state index is 3.84. The lowest BCUT2D eigenvalue weighted by Gasteiger charge is -1.95. The predicted octanol–water partition coefficient (Wildman–Crippen LogP) is 5.57. The third-order valence-electron chi connectivity index (χ3n) is 2.31. The average molecular weight is 229 g/mol. The van der Waals surface area contributed by atoms with Gasteiger partial charge in [0.15, 0.2) is 0 Å². The highest BCUT2D eigenvalue weighted by atomic mass is 13.9. The van der Waals surface area contributed by atoms with Crippen LogP contribution in [0.1, 0.15) is 38.5 Å². The first-order chi connectivity index (χ1) is 8.41. The van der Waals surface area contributed by atoms with Gasteiger partial charge in [0.25, 0.3) is 0 Å². The van der Waals surface area contributed by atoms with Crippen LogP contribution in [0.2, 0.25) is 0 Å². The Balaban J connectivity index is 3.40. The molecule has 0 aromatic rings. The topological polar surface area (TPSA) is 0 Å². The number of allylic oxidation sites excluding steroid dienone is 9. The molecule has 0 heterocycles. The minimum atomic E-state index is 1.07. The molecule has 0 aliphatic carbocycles. The van der Waals surface area contributed by atoms with Gasteiger partial charge in [0.2, 0.25) is 0 Å². The van der Waals surface area contributed by atoms with Gasteiger partial charge < -0.3 is 0 Å². The molecule has 0 aliphatic rings. The molecule has 0 heteroatoms. The molecule has 0 saturated carbocycles. The van der Waals surface area contributed by atoms with Crippen LogP contribution in [0, 0.1) is 6.92 Å². The Labute approximate surface area is 107 Å². The lowest BCUT2D eigenvalue weighted by atomic mass is 10.1. The first kappa shape index (κ1) is 15.7. The van der Waals surface area contributed by atoms with Crippen LogP contribution in [0.4, 0.5) is 0 Å². The van der Waals surface area contributed by atoms with E-state index in [4.69, 9.17) is 0 Å². The van der Waals surface area contributed by atoms with Crippen molar-refractivity contribution < 1.29 is 0 Å². The minimum absolute atomic E-state index is 1.07. The van der Waals surface area contributed by atoms with Crippen molar-refractivity contribution in [2.45, 2.75) is 38.5 Å². The van der Waals surface area contributed by atoms with Crippen LogP contribution in [-0.2, 0) is 0 Å². The van der Waals surface area contributed by atoms with Gasteiger partial charge in [0.1, 0.15) is 0 Å². The quantitative estimate of drug-likeness (QED) is 0.339. The normalized spacial score (nSPS) is 12.5. The average Bonchev–Trinajstić information content (AvgIpc) is 2.35. The van der Waals surface area contributed by atoms with Crippen molar-refractivity contribution in [1.29, 1.82) is 0 Å². The molecule has 17 heavy (non-hydrogen) atoms. The van der Waals surface area contributed by atoms with E-state index in [1.165, 1.54) is 32.1 Å². The molecule has 0 aliphatic heterocycles. The van der Waals surface area contributed by atoms with Crippen LogP contribution in [0.5, 0.6) is 0 Å². The molecule has 0 saturated heterocycles. The Kier molecular flexibility index (Phi) is 13.6. The summed E-state index contributed by atoms with van der Waals surface area (Å²) in [6, 6.07) is 0. The molecule has 0 nitrogen and oxygen atoms in total. The van der Waals surface area contributed by atoms with Gasteiger partial charge >= 0.3 is 0 Å². The van der Waals surface area contributed by atoms with Gasteiger partial charge in [-0.3, -0.25) is 0 Å². The third-order valence-corrected chi connectivity index (χ3v) is 2.31. The fourth-order valence-electron chi connectivity index (χ4n) is 1.37. The number of hydrogen-bond acceptors (Lipinski definition) is 0. The fourth-order valence-corrected chi connectivity index (χ4v) is 1.37. The van der Waals surface area contributed by atoms with Gasteiger partial charge in [-0.1, -0.05) is 93.9 Å². The van der Waals surface area contributed by atoms with Gasteiger partial charge in [-0.15, -0.1) is 0 Å². The van der Waals surface area contributed by atoms with E-state index in [0.29, 0.717) is 0 Å². The SMILES string of the molecule is [CH2]CCCCCC/C=C/C=C/C=C/C=C/C=C. The largest absolute Gasteiger partial charge is 0.0991 e. The van der Waals surface area contributed by atoms with Gasteiger partial charge in [-0.2, -0.15) is 0 Å². The highest BCUT2D eigenvalue weighted by Gasteiger charge is 1.85. The number of hydrogen-bond donors (Lipinski definition) is 0. The molecule has 1 radical (unpaired) electrons. The zero-order valence-corrected chi connectivity index (χ0v) is 10.9. The molecule has 0 rings (SSSR count). The Bertz CT molecular complexity index is 264. The van der Waals surface area contributed by atoms with Crippen LogP contribution >= 0.6 is 0 Å². The zero-order valence-electron chi connectivity index (χ0n) is 10.9. The van der Waals surface area contributed by atoms with E-state index < -0.39 is 0 Å². The summed E-state index contributed by atoms with van der Waals surface area (Å²) in [5.41, 5.74) is 0. The smallest absolute Gasteiger partial charge is 0.0348 e. The van der Waals surface area contributed by atoms with E-state index >= 15 is 0 Å². The minimum Gasteiger partial charge on any atom is -0.0991 e. The Morgan fingerprint density at radius 2 is 1.24 bits per heavy atom. The lowest BCUT2D eigenvalue weighted by molar-refractivity contribution is 0.651. The molecular weight excluding hydrogens is 204 g/mol. The molecule has 0 fully saturated rings. The Hall–Kier alpha value is -1.30. The van der Waals surface area contributed by atoms with Gasteiger partial charge in [0, 0.05) is 0 Å². The third kappa shape index (κ3) is 14.7. The standard InChI is InChI=1S/C17H25/c1-3-5-7-9-11-13-15-17-16-14-12-10-8-6-4-2/h3,5,7,9,11,13,15-17H,1-2,4,6,8,10,12,14H2/b7-5+,11-9+,15-13+,17-16+. The van der Waals surface area contributed by atoms with Crippen LogP contribution < -0.4 is 0 Å². The maximum atomic E-state index is 3.84. The summed E-state index contributed by atoms with van der Waals surface area (Å²) in [5, 5.41) is 0. The van der Waals surface area contributed by atoms with Crippen molar-refractivity contribution in [2.75, 3.05) is 0 Å². The van der Waals surface area contributed by atoms with E-state index in [1.807, 2.05) is 30.4 Å². The van der Waals surface area contributed by atoms with Crippen LogP contribution in [0.3, 0.4) is 0 Å². The highest BCUT2D eigenvalue weighted by Crippen LogP contribution is 2.05. The second-order valence-electron chi connectivity index (χ2n) is 3.87. The fraction of sp³-hybridized carbons (Fsp3) is 0.353. The highest BCUT2D eigenvalue weighted by molar-refractivity contribution is 5.17. The van der Waals surface area contributed by atoms with E-state index in [0.717, 1.165) is 6.42 Å². The molecular formula is C17H25. The summed E-state index contributed by atoms with van der Waals surface area (Å²) >= 11 is 0. The molecule has 0 atom stereocenters. The monoisotopic (exact) mass is 229 g/mol. The lowest BCUT2D eigenvalue weighted by Crippen LogP contribution is -1.75. The second kappa shape index (κ2) is 14.7. The summed E-state index contributed by atoms with van der Waals surface area (Å²) in [4.78, 5) is 0. The van der Waals surface area contributed by atoms with Gasteiger partial charge in [-0.05, 0) is 12.8 Å². The van der Waals surface area contributed by atoms with Crippen molar-refractivity contribution in [1.82, 2.24) is 0 Å². The summed E-state index contributed by atoms with van der Waals surface area (Å²) in [6.45, 7) is 7.44. The summed E-state index contributed by atoms with van der Waals surface area (Å²) in [7, 11) is 0. The molecule has 0 N–H and O–H groups in total. The number of unbranched alkanes of at least 4 members (excludes halogenated alkanes) is 5. The second-order valence-corrected chi connectivity index (χ2v) is 3.87. The zero-order chi connectivity index (χ0) is 12.6. The summed E-state index contributed by atoms with van der Waals surface area (Å²) < 4.78 is 0. The number of rotatable bonds is 10. The molecule has 0 amide bonds. The van der Waals surface area contributed by atoms with Crippen molar-refractivity contribution in [2.24, 2.45) is 0 Å². The van der Waals surface area contributed by atoms with Crippen LogP contribution in [-0.4, -0.2) is 0 Å². The summed E-state index contributed by atoms with van der Waals surface area (Å²) in [6.07, 6.45) is 25.6. The van der Waals surface area contributed by atoms with E-state index in [1.54, 1.807) is 6.08 Å². The molecule has 93 valence electrons. The van der Waals surface area contributed by atoms with Crippen LogP contribution in [0.15, 0.2) is 61.3 Å². The first-order valence-electron chi connectivity index (χ1n) is 6.48. The molecule has 0 aromatic heterocycles. The maximum Gasteiger partial charge on any atom is -0.0348 e. The van der Waals surface area contributed by atoms with Crippen molar-refractivity contribution in [3.05, 3.63) is 68.2 Å². The van der Waals surface area contributed by atoms with Crippen LogP contribution in [0.25, 0.3) is 0 Å². The predicted molar refractivity (Wildman–Crippen MR) is 79.8 cm³/mol. The molecule has 0 aromatic carbocycles. The van der Waals surface area contributed by atoms with E-state index in [2.05, 4.69) is 31.7 Å². The van der Waals surface area contributed by atoms with Crippen molar-refractivity contribution in [3.8, 4) is 0 Å². The first-order valence-corrected chi connectivity index (χ1v) is 6.48. The Morgan fingerprint density at radius 1 is 0.647 bits per heavy atom. The van der Waals surface area contributed by atoms with Crippen molar-refractivity contribution in [3.63, 3.8) is 0 Å². The van der Waals surface area contributed by atoms with Crippen molar-refractivity contribution >= 4 is 0 Å². The van der Waals surface area contributed by atoms with E-state index in [9.17, 15) is 0 Å². The van der Waals surface area contributed by atoms with E-state index in [-0.39, 0.29) is 0 Å². The molecule has 0 spiro atoms. The van der Waals surface area contributed by atoms with Gasteiger partial charge in [0.05, 0.1) is 0 Å². The van der Waals surface area contributed by atoms with Gasteiger partial charge in [-0.25, -0.2) is 0 Å².